The number of hydrogen-bond donors (Lipinski definition) is 3. The lowest BCUT2D eigenvalue weighted by Crippen LogP contribution is -2.41. The van der Waals surface area contributed by atoms with Crippen molar-refractivity contribution in [1.29, 1.82) is 0 Å². The minimum absolute atomic E-state index is 0.0367. The van der Waals surface area contributed by atoms with Crippen molar-refractivity contribution in [3.05, 3.63) is 42.2 Å². The monoisotopic (exact) mass is 349 g/mol. The van der Waals surface area contributed by atoms with Crippen molar-refractivity contribution in [2.45, 2.75) is 30.2 Å². The molecule has 9 heteroatoms. The van der Waals surface area contributed by atoms with Crippen molar-refractivity contribution in [3.63, 3.8) is 0 Å². The Hall–Kier alpha value is -2.39. The highest BCUT2D eigenvalue weighted by Gasteiger charge is 2.28. The maximum absolute atomic E-state index is 12.6. The van der Waals surface area contributed by atoms with Crippen molar-refractivity contribution in [3.8, 4) is 0 Å². The average molecular weight is 349 g/mol. The van der Waals surface area contributed by atoms with Crippen molar-refractivity contribution in [2.75, 3.05) is 11.9 Å². The molecular formula is C15H19N5O3S. The molecule has 0 bridgehead atoms. The summed E-state index contributed by atoms with van der Waals surface area (Å²) in [6, 6.07) is 5.60. The van der Waals surface area contributed by atoms with Crippen LogP contribution >= 0.6 is 0 Å². The third kappa shape index (κ3) is 3.57. The first-order chi connectivity index (χ1) is 11.4. The molecule has 4 N–H and O–H groups in total. The van der Waals surface area contributed by atoms with Gasteiger partial charge in [-0.15, -0.1) is 0 Å². The number of H-pyrrole nitrogens is 1. The minimum atomic E-state index is -3.81. The Labute approximate surface area is 140 Å². The molecule has 1 atom stereocenters. The van der Waals surface area contributed by atoms with E-state index in [0.29, 0.717) is 12.2 Å². The fourth-order valence-electron chi connectivity index (χ4n) is 2.91. The maximum atomic E-state index is 12.6. The number of amides is 2. The second-order valence-corrected chi connectivity index (χ2v) is 7.30. The zero-order valence-electron chi connectivity index (χ0n) is 13.0. The molecule has 1 fully saturated rings. The van der Waals surface area contributed by atoms with E-state index in [2.05, 4.69) is 15.5 Å². The van der Waals surface area contributed by atoms with E-state index in [0.717, 1.165) is 24.8 Å². The molecule has 2 amide bonds. The number of benzene rings is 1. The third-order valence-electron chi connectivity index (χ3n) is 4.08. The van der Waals surface area contributed by atoms with E-state index in [1.807, 2.05) is 0 Å². The van der Waals surface area contributed by atoms with Gasteiger partial charge in [-0.3, -0.25) is 5.10 Å². The molecule has 1 saturated heterocycles. The molecule has 2 heterocycles. The van der Waals surface area contributed by atoms with Gasteiger partial charge in [-0.2, -0.15) is 5.10 Å². The molecule has 0 saturated carbocycles. The Morgan fingerprint density at radius 2 is 2.21 bits per heavy atom. The molecule has 3 rings (SSSR count). The van der Waals surface area contributed by atoms with Gasteiger partial charge >= 0.3 is 6.03 Å². The number of rotatable bonds is 3. The number of piperidine rings is 1. The number of nitrogens with two attached hydrogens (primary N) is 1. The number of anilines is 1. The number of urea groups is 1. The van der Waals surface area contributed by atoms with Gasteiger partial charge in [-0.1, -0.05) is 6.07 Å². The second-order valence-electron chi connectivity index (χ2n) is 5.74. The van der Waals surface area contributed by atoms with Crippen molar-refractivity contribution in [2.24, 2.45) is 5.14 Å². The van der Waals surface area contributed by atoms with Crippen LogP contribution in [0.2, 0.25) is 0 Å². The fourth-order valence-corrected chi connectivity index (χ4v) is 3.47. The highest BCUT2D eigenvalue weighted by molar-refractivity contribution is 7.89. The molecule has 1 aromatic carbocycles. The first-order valence-corrected chi connectivity index (χ1v) is 9.19. The molecular weight excluding hydrogens is 330 g/mol. The zero-order valence-corrected chi connectivity index (χ0v) is 13.8. The molecule has 1 aliphatic heterocycles. The molecule has 8 nitrogen and oxygen atoms in total. The van der Waals surface area contributed by atoms with Crippen LogP contribution in [0, 0.1) is 0 Å². The molecule has 0 unspecified atom stereocenters. The average Bonchev–Trinajstić information content (AvgIpc) is 3.08. The van der Waals surface area contributed by atoms with Gasteiger partial charge < -0.3 is 10.2 Å². The van der Waals surface area contributed by atoms with Crippen LogP contribution in [0.25, 0.3) is 0 Å². The van der Waals surface area contributed by atoms with Gasteiger partial charge in [0.25, 0.3) is 0 Å². The number of sulfonamides is 1. The quantitative estimate of drug-likeness (QED) is 0.782. The summed E-state index contributed by atoms with van der Waals surface area (Å²) in [6.07, 6.45) is 6.35. The van der Waals surface area contributed by atoms with Gasteiger partial charge in [0.05, 0.1) is 17.1 Å². The molecule has 128 valence electrons. The molecule has 2 aromatic rings. The number of likely N-dealkylation sites (tertiary alicyclic amines) is 1. The standard InChI is InChI=1S/C15H19N5O3S/c16-24(22,23)13-5-3-4-12(8-13)19-15(21)20-7-2-1-6-14(20)11-9-17-18-10-11/h3-5,8-10,14H,1-2,6-7H2,(H,17,18)(H,19,21)(H2,16,22,23)/t14-/m1/s1. The summed E-state index contributed by atoms with van der Waals surface area (Å²) < 4.78 is 22.8. The van der Waals surface area contributed by atoms with E-state index in [1.165, 1.54) is 12.1 Å². The highest BCUT2D eigenvalue weighted by Crippen LogP contribution is 2.30. The normalized spacial score (nSPS) is 18.4. The number of carbonyl (C=O) groups excluding carboxylic acids is 1. The number of aromatic nitrogens is 2. The maximum Gasteiger partial charge on any atom is 0.322 e. The van der Waals surface area contributed by atoms with Gasteiger partial charge in [-0.05, 0) is 37.5 Å². The largest absolute Gasteiger partial charge is 0.322 e. The van der Waals surface area contributed by atoms with Crippen LogP contribution < -0.4 is 10.5 Å². The van der Waals surface area contributed by atoms with Crippen LogP contribution in [0.5, 0.6) is 0 Å². The Kier molecular flexibility index (Phi) is 4.54. The Morgan fingerprint density at radius 1 is 1.38 bits per heavy atom. The minimum Gasteiger partial charge on any atom is -0.317 e. The number of hydrogen-bond acceptors (Lipinski definition) is 4. The first-order valence-electron chi connectivity index (χ1n) is 7.64. The molecule has 0 spiro atoms. The number of nitrogens with zero attached hydrogens (tertiary/aromatic N) is 2. The summed E-state index contributed by atoms with van der Waals surface area (Å²) in [5.41, 5.74) is 1.35. The molecule has 0 radical (unpaired) electrons. The van der Waals surface area contributed by atoms with Crippen LogP contribution in [-0.2, 0) is 10.0 Å². The van der Waals surface area contributed by atoms with E-state index >= 15 is 0 Å². The predicted molar refractivity (Wildman–Crippen MR) is 88.7 cm³/mol. The van der Waals surface area contributed by atoms with E-state index < -0.39 is 10.0 Å². The molecule has 0 aliphatic carbocycles. The lowest BCUT2D eigenvalue weighted by molar-refractivity contribution is 0.163. The summed E-state index contributed by atoms with van der Waals surface area (Å²) in [4.78, 5) is 14.3. The number of nitrogens with one attached hydrogen (secondary N) is 2. The van der Waals surface area contributed by atoms with E-state index in [1.54, 1.807) is 29.4 Å². The lowest BCUT2D eigenvalue weighted by atomic mass is 9.98. The van der Waals surface area contributed by atoms with Crippen LogP contribution in [0.4, 0.5) is 10.5 Å². The third-order valence-corrected chi connectivity index (χ3v) is 4.99. The zero-order chi connectivity index (χ0) is 17.2. The van der Waals surface area contributed by atoms with Gasteiger partial charge in [-0.25, -0.2) is 18.4 Å². The van der Waals surface area contributed by atoms with Crippen LogP contribution in [0.1, 0.15) is 30.9 Å². The summed E-state index contributed by atoms with van der Waals surface area (Å²) in [6.45, 7) is 0.635. The molecule has 1 aromatic heterocycles. The number of primary sulfonamides is 1. The SMILES string of the molecule is NS(=O)(=O)c1cccc(NC(=O)N2CCCC[C@@H]2c2cn[nH]c2)c1. The van der Waals surface area contributed by atoms with E-state index in [4.69, 9.17) is 5.14 Å². The first kappa shape index (κ1) is 16.5. The van der Waals surface area contributed by atoms with Crippen molar-refractivity contribution >= 4 is 21.7 Å². The summed E-state index contributed by atoms with van der Waals surface area (Å²) in [5, 5.41) is 14.6. The van der Waals surface area contributed by atoms with Crippen LogP contribution in [0.3, 0.4) is 0 Å². The molecule has 24 heavy (non-hydrogen) atoms. The summed E-state index contributed by atoms with van der Waals surface area (Å²) >= 11 is 0. The number of aromatic amines is 1. The van der Waals surface area contributed by atoms with E-state index in [-0.39, 0.29) is 17.0 Å². The van der Waals surface area contributed by atoms with Crippen LogP contribution in [-0.4, -0.2) is 36.1 Å². The van der Waals surface area contributed by atoms with Gasteiger partial charge in [0, 0.05) is 24.0 Å². The smallest absolute Gasteiger partial charge is 0.317 e. The van der Waals surface area contributed by atoms with E-state index in [9.17, 15) is 13.2 Å². The number of carbonyl (C=O) groups is 1. The van der Waals surface area contributed by atoms with Gasteiger partial charge in [0.15, 0.2) is 0 Å². The Morgan fingerprint density at radius 3 is 2.92 bits per heavy atom. The van der Waals surface area contributed by atoms with Gasteiger partial charge in [0.1, 0.15) is 0 Å². The van der Waals surface area contributed by atoms with Crippen LogP contribution in [0.15, 0.2) is 41.6 Å². The topological polar surface area (TPSA) is 121 Å². The lowest BCUT2D eigenvalue weighted by Gasteiger charge is -2.35. The molecule has 1 aliphatic rings. The Balaban J connectivity index is 1.78. The summed E-state index contributed by atoms with van der Waals surface area (Å²) in [5.74, 6) is 0. The predicted octanol–water partition coefficient (Wildman–Crippen LogP) is 1.82. The Bertz CT molecular complexity index is 819. The second kappa shape index (κ2) is 6.62. The fraction of sp³-hybridized carbons (Fsp3) is 0.333. The highest BCUT2D eigenvalue weighted by atomic mass is 32.2. The summed E-state index contributed by atoms with van der Waals surface area (Å²) in [7, 11) is -3.81. The van der Waals surface area contributed by atoms with Crippen molar-refractivity contribution in [1.82, 2.24) is 15.1 Å². The van der Waals surface area contributed by atoms with Gasteiger partial charge in [0.2, 0.25) is 10.0 Å². The van der Waals surface area contributed by atoms with Crippen molar-refractivity contribution < 1.29 is 13.2 Å².